The van der Waals surface area contributed by atoms with E-state index in [1.807, 2.05) is 24.3 Å². The van der Waals surface area contributed by atoms with E-state index in [0.29, 0.717) is 17.2 Å². The molecule has 3 rings (SSSR count). The maximum Gasteiger partial charge on any atom is 0.338 e. The number of esters is 1. The maximum absolute atomic E-state index is 12.0. The number of benzene rings is 3. The minimum Gasteiger partial charge on any atom is -0.457 e. The van der Waals surface area contributed by atoms with Crippen LogP contribution in [0.3, 0.4) is 0 Å². The molecule has 0 aromatic heterocycles. The predicted molar refractivity (Wildman–Crippen MR) is 142 cm³/mol. The van der Waals surface area contributed by atoms with Gasteiger partial charge >= 0.3 is 5.97 Å². The summed E-state index contributed by atoms with van der Waals surface area (Å²) in [6.07, 6.45) is 7.51. The second kappa shape index (κ2) is 11.5. The topological polar surface area (TPSA) is 44.8 Å². The lowest BCUT2D eigenvalue weighted by atomic mass is 9.78. The quantitative estimate of drug-likeness (QED) is 0.168. The molecular weight excluding hydrogens is 448 g/mol. The normalized spacial score (nSPS) is 9.97. The molecule has 4 heteroatoms. The number of ether oxygens (including phenoxy) is 3. The first-order valence-electron chi connectivity index (χ1n) is 11.2. The Bertz CT molecular complexity index is 1430. The van der Waals surface area contributed by atoms with E-state index in [2.05, 4.69) is 81.4 Å². The molecule has 36 heavy (non-hydrogen) atoms. The zero-order valence-electron chi connectivity index (χ0n) is 20.8. The Morgan fingerprint density at radius 2 is 1.42 bits per heavy atom. The highest BCUT2D eigenvalue weighted by Crippen LogP contribution is 2.35. The number of carbonyl (C=O) groups is 1. The molecule has 0 saturated carbocycles. The Kier molecular flexibility index (Phi) is 8.25. The van der Waals surface area contributed by atoms with Crippen LogP contribution in [0.4, 0.5) is 0 Å². The lowest BCUT2D eigenvalue weighted by Crippen LogP contribution is -2.18. The van der Waals surface area contributed by atoms with Gasteiger partial charge in [0, 0.05) is 41.0 Å². The Hall–Kier alpha value is -4.85. The number of carbonyl (C=O) groups excluding carboxylic acids is 1. The SMILES string of the molecule is C#CC#CC#COc1cc(OC(=O)C(=C)C)cc(Oc2ccc(C(C)(C)c3ccc(C)cc3)cc2)c1. The molecule has 0 spiro atoms. The van der Waals surface area contributed by atoms with Crippen LogP contribution in [0.5, 0.6) is 23.0 Å². The van der Waals surface area contributed by atoms with E-state index in [1.54, 1.807) is 19.1 Å². The summed E-state index contributed by atoms with van der Waals surface area (Å²) >= 11 is 0. The van der Waals surface area contributed by atoms with Gasteiger partial charge in [-0.15, -0.1) is 6.42 Å². The van der Waals surface area contributed by atoms with E-state index in [-0.39, 0.29) is 16.7 Å². The highest BCUT2D eigenvalue weighted by molar-refractivity contribution is 5.88. The van der Waals surface area contributed by atoms with Crippen LogP contribution in [0.25, 0.3) is 0 Å². The van der Waals surface area contributed by atoms with E-state index >= 15 is 0 Å². The molecule has 3 aromatic carbocycles. The minimum atomic E-state index is -0.563. The van der Waals surface area contributed by atoms with E-state index in [0.717, 1.165) is 5.56 Å². The highest BCUT2D eigenvalue weighted by Gasteiger charge is 2.23. The summed E-state index contributed by atoms with van der Waals surface area (Å²) in [6.45, 7) is 11.6. The summed E-state index contributed by atoms with van der Waals surface area (Å²) in [5.41, 5.74) is 3.69. The van der Waals surface area contributed by atoms with Crippen LogP contribution in [0.2, 0.25) is 0 Å². The van der Waals surface area contributed by atoms with Gasteiger partial charge in [0.25, 0.3) is 0 Å². The molecule has 0 radical (unpaired) electrons. The van der Waals surface area contributed by atoms with Crippen LogP contribution in [0.15, 0.2) is 78.9 Å². The standard InChI is InChI=1S/C32H26O4/c1-7-8-9-10-19-34-28-20-29(22-30(21-28)36-31(33)23(2)3)35-27-17-15-26(16-18-27)32(5,6)25-13-11-24(4)12-14-25/h1,11-18,20-22H,2H2,3-6H3. The molecule has 0 heterocycles. The van der Waals surface area contributed by atoms with Crippen LogP contribution in [0, 0.1) is 43.1 Å². The van der Waals surface area contributed by atoms with Crippen molar-refractivity contribution in [3.63, 3.8) is 0 Å². The Labute approximate surface area is 212 Å². The van der Waals surface area contributed by atoms with E-state index in [4.69, 9.17) is 20.6 Å². The average molecular weight is 475 g/mol. The van der Waals surface area contributed by atoms with Crippen LogP contribution in [-0.2, 0) is 10.2 Å². The third-order valence-electron chi connectivity index (χ3n) is 5.41. The van der Waals surface area contributed by atoms with Crippen molar-refractivity contribution in [3.8, 4) is 59.2 Å². The third kappa shape index (κ3) is 6.83. The Morgan fingerprint density at radius 3 is 2.03 bits per heavy atom. The third-order valence-corrected chi connectivity index (χ3v) is 5.41. The number of hydrogen-bond donors (Lipinski definition) is 0. The zero-order chi connectivity index (χ0) is 26.1. The average Bonchev–Trinajstić information content (AvgIpc) is 2.84. The molecule has 178 valence electrons. The maximum atomic E-state index is 12.0. The van der Waals surface area contributed by atoms with Crippen molar-refractivity contribution in [2.24, 2.45) is 0 Å². The van der Waals surface area contributed by atoms with Gasteiger partial charge in [-0.1, -0.05) is 62.4 Å². The predicted octanol–water partition coefficient (Wildman–Crippen LogP) is 6.57. The molecule has 0 unspecified atom stereocenters. The molecule has 0 saturated heterocycles. The molecule has 0 N–H and O–H groups in total. The molecule has 0 aliphatic carbocycles. The summed E-state index contributed by atoms with van der Waals surface area (Å²) in [5.74, 6) is 10.5. The van der Waals surface area contributed by atoms with Gasteiger partial charge in [0.05, 0.1) is 0 Å². The van der Waals surface area contributed by atoms with Crippen molar-refractivity contribution in [3.05, 3.63) is 95.6 Å². The van der Waals surface area contributed by atoms with Crippen LogP contribution < -0.4 is 14.2 Å². The van der Waals surface area contributed by atoms with Crippen LogP contribution in [-0.4, -0.2) is 5.97 Å². The minimum absolute atomic E-state index is 0.176. The first kappa shape index (κ1) is 25.8. The Balaban J connectivity index is 1.85. The number of aryl methyl sites for hydroxylation is 1. The van der Waals surface area contributed by atoms with Gasteiger partial charge < -0.3 is 14.2 Å². The summed E-state index contributed by atoms with van der Waals surface area (Å²) in [4.78, 5) is 12.0. The lowest BCUT2D eigenvalue weighted by molar-refractivity contribution is -0.130. The van der Waals surface area contributed by atoms with Crippen molar-refractivity contribution < 1.29 is 19.0 Å². The van der Waals surface area contributed by atoms with Crippen LogP contribution >= 0.6 is 0 Å². The molecule has 0 atom stereocenters. The molecule has 0 aliphatic rings. The largest absolute Gasteiger partial charge is 0.457 e. The van der Waals surface area contributed by atoms with Crippen molar-refractivity contribution in [2.45, 2.75) is 33.1 Å². The zero-order valence-corrected chi connectivity index (χ0v) is 20.8. The van der Waals surface area contributed by atoms with Gasteiger partial charge in [0.1, 0.15) is 29.1 Å². The van der Waals surface area contributed by atoms with Crippen molar-refractivity contribution in [1.29, 1.82) is 0 Å². The van der Waals surface area contributed by atoms with Gasteiger partial charge in [-0.25, -0.2) is 4.79 Å². The number of hydrogen-bond acceptors (Lipinski definition) is 4. The number of rotatable bonds is 7. The number of terminal acetylenes is 1. The molecule has 0 amide bonds. The molecule has 4 nitrogen and oxygen atoms in total. The van der Waals surface area contributed by atoms with Crippen LogP contribution in [0.1, 0.15) is 37.5 Å². The Morgan fingerprint density at radius 1 is 0.833 bits per heavy atom. The fraction of sp³-hybridized carbons (Fsp3) is 0.156. The first-order valence-corrected chi connectivity index (χ1v) is 11.2. The summed E-state index contributed by atoms with van der Waals surface area (Å²) in [6, 6.07) is 21.1. The van der Waals surface area contributed by atoms with E-state index in [9.17, 15) is 4.79 Å². The van der Waals surface area contributed by atoms with Crippen molar-refractivity contribution in [1.82, 2.24) is 0 Å². The lowest BCUT2D eigenvalue weighted by Gasteiger charge is -2.26. The van der Waals surface area contributed by atoms with Gasteiger partial charge in [-0.3, -0.25) is 0 Å². The summed E-state index contributed by atoms with van der Waals surface area (Å²) in [7, 11) is 0. The van der Waals surface area contributed by atoms with Gasteiger partial charge in [0.2, 0.25) is 0 Å². The van der Waals surface area contributed by atoms with Gasteiger partial charge in [-0.2, -0.15) is 0 Å². The van der Waals surface area contributed by atoms with Gasteiger partial charge in [0.15, 0.2) is 0 Å². The summed E-state index contributed by atoms with van der Waals surface area (Å²) < 4.78 is 16.8. The van der Waals surface area contributed by atoms with Gasteiger partial charge in [-0.05, 0) is 48.9 Å². The smallest absolute Gasteiger partial charge is 0.338 e. The fourth-order valence-electron chi connectivity index (χ4n) is 3.31. The molecular formula is C32H26O4. The van der Waals surface area contributed by atoms with E-state index in [1.165, 1.54) is 17.2 Å². The summed E-state index contributed by atoms with van der Waals surface area (Å²) in [5, 5.41) is 0. The van der Waals surface area contributed by atoms with Crippen molar-refractivity contribution >= 4 is 5.97 Å². The van der Waals surface area contributed by atoms with E-state index < -0.39 is 5.97 Å². The fourth-order valence-corrected chi connectivity index (χ4v) is 3.31. The highest BCUT2D eigenvalue weighted by atomic mass is 16.5. The van der Waals surface area contributed by atoms with Crippen molar-refractivity contribution in [2.75, 3.05) is 0 Å². The first-order chi connectivity index (χ1) is 17.2. The molecule has 0 fully saturated rings. The second-order valence-electron chi connectivity index (χ2n) is 8.65. The second-order valence-corrected chi connectivity index (χ2v) is 8.65. The molecule has 0 bridgehead atoms. The molecule has 3 aromatic rings. The molecule has 0 aliphatic heterocycles. The monoisotopic (exact) mass is 474 g/mol.